The highest BCUT2D eigenvalue weighted by Crippen LogP contribution is 2.27. The summed E-state index contributed by atoms with van der Waals surface area (Å²) in [6.45, 7) is 0. The van der Waals surface area contributed by atoms with E-state index in [-0.39, 0.29) is 0 Å². The normalized spacial score (nSPS) is 17.3. The van der Waals surface area contributed by atoms with Gasteiger partial charge in [0.2, 0.25) is 0 Å². The van der Waals surface area contributed by atoms with Crippen molar-refractivity contribution in [2.45, 2.75) is 25.7 Å². The fourth-order valence-corrected chi connectivity index (χ4v) is 4.30. The quantitative estimate of drug-likeness (QED) is 0.642. The topological polar surface area (TPSA) is 12.9 Å². The predicted octanol–water partition coefficient (Wildman–Crippen LogP) is 4.43. The Morgan fingerprint density at radius 3 is 2.79 bits per heavy atom. The second kappa shape index (κ2) is 7.04. The van der Waals surface area contributed by atoms with Gasteiger partial charge in [0.05, 0.1) is 5.51 Å². The van der Waals surface area contributed by atoms with Gasteiger partial charge < -0.3 is 0 Å². The highest BCUT2D eigenvalue weighted by atomic mass is 79.9. The van der Waals surface area contributed by atoms with Gasteiger partial charge in [0, 0.05) is 16.1 Å². The minimum absolute atomic E-state index is 1.05. The number of halogens is 1. The minimum Gasteiger partial charge on any atom is -0.253 e. The van der Waals surface area contributed by atoms with Crippen molar-refractivity contribution >= 4 is 38.9 Å². The van der Waals surface area contributed by atoms with Crippen LogP contribution < -0.4 is 10.4 Å². The summed E-state index contributed by atoms with van der Waals surface area (Å²) in [4.78, 5) is 3.74. The first-order valence-corrected chi connectivity index (χ1v) is 9.97. The van der Waals surface area contributed by atoms with Crippen molar-refractivity contribution in [1.82, 2.24) is 4.98 Å². The molecule has 3 aliphatic rings. The van der Waals surface area contributed by atoms with Crippen LogP contribution in [0.15, 0.2) is 63.6 Å². The first kappa shape index (κ1) is 15.8. The zero-order valence-electron chi connectivity index (χ0n) is 13.3. The number of thiazole rings is 1. The molecule has 0 spiro atoms. The fourth-order valence-electron chi connectivity index (χ4n) is 3.54. The van der Waals surface area contributed by atoms with Crippen LogP contribution in [-0.2, 0) is 12.8 Å². The number of fused-ring (bicyclic) bond motifs is 4. The summed E-state index contributed by atoms with van der Waals surface area (Å²) in [5.74, 6) is 0. The number of allylic oxidation sites excluding steroid dienone is 6. The van der Waals surface area contributed by atoms with Crippen molar-refractivity contribution < 1.29 is 0 Å². The molecule has 3 aliphatic carbocycles. The monoisotopic (exact) mass is 395 g/mol. The Morgan fingerprint density at radius 2 is 2.00 bits per heavy atom. The lowest BCUT2D eigenvalue weighted by Crippen LogP contribution is -2.27. The smallest absolute Gasteiger partial charge is 0.0791 e. The van der Waals surface area contributed by atoms with Gasteiger partial charge in [-0.05, 0) is 64.5 Å². The molecular weight excluding hydrogens is 378 g/mol. The lowest BCUT2D eigenvalue weighted by molar-refractivity contribution is 0.963. The molecule has 1 heterocycles. The van der Waals surface area contributed by atoms with Gasteiger partial charge in [0.25, 0.3) is 0 Å². The Balaban J connectivity index is 0.000000252. The van der Waals surface area contributed by atoms with E-state index < -0.39 is 0 Å². The maximum absolute atomic E-state index is 3.74. The van der Waals surface area contributed by atoms with Crippen LogP contribution in [-0.4, -0.2) is 4.98 Å². The summed E-state index contributed by atoms with van der Waals surface area (Å²) >= 11 is 5.19. The molecule has 120 valence electrons. The minimum atomic E-state index is 1.05. The summed E-state index contributed by atoms with van der Waals surface area (Å²) in [5, 5.41) is 4.78. The van der Waals surface area contributed by atoms with Crippen LogP contribution in [0.2, 0.25) is 0 Å². The molecule has 0 N–H and O–H groups in total. The zero-order valence-corrected chi connectivity index (χ0v) is 15.7. The van der Waals surface area contributed by atoms with Gasteiger partial charge in [-0.25, -0.2) is 0 Å². The van der Waals surface area contributed by atoms with Gasteiger partial charge in [-0.2, -0.15) is 0 Å². The molecule has 24 heavy (non-hydrogen) atoms. The summed E-state index contributed by atoms with van der Waals surface area (Å²) < 4.78 is 1.21. The Morgan fingerprint density at radius 1 is 1.08 bits per heavy atom. The molecule has 0 saturated heterocycles. The van der Waals surface area contributed by atoms with Crippen LogP contribution in [0.3, 0.4) is 0 Å². The molecule has 1 aromatic heterocycles. The Kier molecular flexibility index (Phi) is 4.63. The third-order valence-electron chi connectivity index (χ3n) is 4.66. The second-order valence-corrected chi connectivity index (χ2v) is 7.73. The number of hydrogen-bond acceptors (Lipinski definition) is 2. The number of rotatable bonds is 0. The molecule has 1 aromatic carbocycles. The third-order valence-corrected chi connectivity index (χ3v) is 5.74. The predicted molar refractivity (Wildman–Crippen MR) is 107 cm³/mol. The Labute approximate surface area is 154 Å². The van der Waals surface area contributed by atoms with E-state index in [0.29, 0.717) is 0 Å². The standard InChI is InChI=1S/C18H15Br.C3H3NS/c19-14-7-10-16-13(11-14)6-9-17-15-4-2-1-3-12(15)5-8-18(16)17;1-2-5-3-4-1/h2,4-7,9,11H,1,3,8,10H2;1-3H. The van der Waals surface area contributed by atoms with Crippen molar-refractivity contribution in [1.29, 1.82) is 0 Å². The molecule has 0 radical (unpaired) electrons. The van der Waals surface area contributed by atoms with E-state index in [1.54, 1.807) is 28.6 Å². The molecule has 0 aliphatic heterocycles. The van der Waals surface area contributed by atoms with Crippen LogP contribution in [0.5, 0.6) is 0 Å². The van der Waals surface area contributed by atoms with Gasteiger partial charge >= 0.3 is 0 Å². The van der Waals surface area contributed by atoms with E-state index in [1.807, 2.05) is 5.38 Å². The number of nitrogens with zero attached hydrogens (tertiary/aromatic N) is 1. The second-order valence-electron chi connectivity index (χ2n) is 6.06. The first-order chi connectivity index (χ1) is 11.8. The number of hydrogen-bond donors (Lipinski definition) is 0. The van der Waals surface area contributed by atoms with Crippen LogP contribution in [0.4, 0.5) is 0 Å². The van der Waals surface area contributed by atoms with Crippen LogP contribution in [0.25, 0.3) is 11.6 Å². The molecule has 2 aromatic rings. The van der Waals surface area contributed by atoms with Crippen molar-refractivity contribution in [2.24, 2.45) is 0 Å². The van der Waals surface area contributed by atoms with Crippen molar-refractivity contribution in [3.05, 3.63) is 85.1 Å². The molecule has 0 saturated carbocycles. The number of aromatic nitrogens is 1. The largest absolute Gasteiger partial charge is 0.253 e. The molecule has 0 atom stereocenters. The first-order valence-electron chi connectivity index (χ1n) is 8.23. The summed E-state index contributed by atoms with van der Waals surface area (Å²) in [6.07, 6.45) is 17.9. The van der Waals surface area contributed by atoms with Gasteiger partial charge in [-0.3, -0.25) is 4.98 Å². The molecule has 0 bridgehead atoms. The molecule has 3 heteroatoms. The van der Waals surface area contributed by atoms with Crippen molar-refractivity contribution in [3.63, 3.8) is 0 Å². The molecular formula is C21H18BrNS. The van der Waals surface area contributed by atoms with Crippen molar-refractivity contribution in [2.75, 3.05) is 0 Å². The van der Waals surface area contributed by atoms with Gasteiger partial charge in [0.15, 0.2) is 0 Å². The van der Waals surface area contributed by atoms with Gasteiger partial charge in [-0.15, -0.1) is 11.3 Å². The van der Waals surface area contributed by atoms with Gasteiger partial charge in [-0.1, -0.05) is 52.4 Å². The molecule has 0 unspecified atom stereocenters. The Hall–Kier alpha value is -1.71. The Bertz CT molecular complexity index is 945. The lowest BCUT2D eigenvalue weighted by atomic mass is 9.83. The maximum Gasteiger partial charge on any atom is 0.0791 e. The summed E-state index contributed by atoms with van der Waals surface area (Å²) in [5.41, 5.74) is 7.85. The number of benzene rings is 1. The fraction of sp³-hybridized carbons (Fsp3) is 0.190. The van der Waals surface area contributed by atoms with E-state index >= 15 is 0 Å². The van der Waals surface area contributed by atoms with E-state index in [9.17, 15) is 0 Å². The SMILES string of the molecule is BrC1=CCc2c3c(ccc2=C1)=C1C=CCCC1=CC3.c1cscn1. The highest BCUT2D eigenvalue weighted by Gasteiger charge is 2.17. The molecule has 1 nitrogen and oxygen atoms in total. The molecule has 5 rings (SSSR count). The van der Waals surface area contributed by atoms with E-state index in [4.69, 9.17) is 0 Å². The summed E-state index contributed by atoms with van der Waals surface area (Å²) in [7, 11) is 0. The average Bonchev–Trinajstić information content (AvgIpc) is 3.21. The third kappa shape index (κ3) is 3.11. The molecule has 0 fully saturated rings. The maximum atomic E-state index is 3.74. The van der Waals surface area contributed by atoms with E-state index in [2.05, 4.69) is 63.4 Å². The lowest BCUT2D eigenvalue weighted by Gasteiger charge is -2.22. The average molecular weight is 396 g/mol. The van der Waals surface area contributed by atoms with Crippen LogP contribution in [0.1, 0.15) is 24.0 Å². The zero-order chi connectivity index (χ0) is 16.4. The van der Waals surface area contributed by atoms with E-state index in [0.717, 1.165) is 12.8 Å². The molecule has 0 amide bonds. The van der Waals surface area contributed by atoms with Crippen LogP contribution in [0, 0.1) is 0 Å². The van der Waals surface area contributed by atoms with Crippen LogP contribution >= 0.6 is 27.3 Å². The highest BCUT2D eigenvalue weighted by molar-refractivity contribution is 9.12. The summed E-state index contributed by atoms with van der Waals surface area (Å²) in [6, 6.07) is 4.59. The van der Waals surface area contributed by atoms with Crippen molar-refractivity contribution in [3.8, 4) is 0 Å². The van der Waals surface area contributed by atoms with Gasteiger partial charge in [0.1, 0.15) is 0 Å². The van der Waals surface area contributed by atoms with E-state index in [1.165, 1.54) is 44.5 Å².